The first-order valence-corrected chi connectivity index (χ1v) is 8.75. The van der Waals surface area contributed by atoms with E-state index in [4.69, 9.17) is 5.73 Å². The summed E-state index contributed by atoms with van der Waals surface area (Å²) in [6, 6.07) is 7.68. The minimum atomic E-state index is 0. The summed E-state index contributed by atoms with van der Waals surface area (Å²) in [7, 11) is 0. The summed E-state index contributed by atoms with van der Waals surface area (Å²) in [5.41, 5.74) is 7.67. The molecule has 0 atom stereocenters. The molecule has 6 nitrogen and oxygen atoms in total. The molecule has 1 aliphatic heterocycles. The number of nitrogens with zero attached hydrogens (tertiary/aromatic N) is 3. The minimum Gasteiger partial charge on any atom is -0.399 e. The number of carbonyl (C=O) groups excluding carboxylic acids is 1. The first kappa shape index (κ1) is 22.3. The maximum Gasteiger partial charge on any atom is 0.220 e. The van der Waals surface area contributed by atoms with Crippen LogP contribution in [0.25, 0.3) is 0 Å². The number of nitrogen functional groups attached to an aromatic ring is 1. The second-order valence-electron chi connectivity index (χ2n) is 6.29. The number of rotatable bonds is 6. The van der Waals surface area contributed by atoms with E-state index in [1.54, 1.807) is 0 Å². The number of anilines is 1. The molecule has 0 bridgehead atoms. The monoisotopic (exact) mass is 399 g/mol. The van der Waals surface area contributed by atoms with E-state index in [0.717, 1.165) is 42.3 Å². The average molecular weight is 400 g/mol. The fourth-order valence-corrected chi connectivity index (χ4v) is 3.14. The number of aromatic nitrogens is 3. The number of halogens is 2. The second-order valence-corrected chi connectivity index (χ2v) is 6.29. The standard InChI is InChI=1S/C18H25N5O.2ClH/c19-15-7-4-3-6-14(15)9-10-18(24)20-12-11-17-22-21-16-8-2-1-5-13-23(16)17;;/h3-4,6-7H,1-2,5,8-13,19H2,(H,20,24);2*1H. The van der Waals surface area contributed by atoms with Crippen molar-refractivity contribution in [1.29, 1.82) is 0 Å². The average Bonchev–Trinajstić information content (AvgIpc) is 2.81. The van der Waals surface area contributed by atoms with Crippen molar-refractivity contribution in [3.8, 4) is 0 Å². The molecule has 0 radical (unpaired) electrons. The molecule has 0 spiro atoms. The molecule has 1 aliphatic rings. The van der Waals surface area contributed by atoms with Crippen LogP contribution >= 0.6 is 24.8 Å². The van der Waals surface area contributed by atoms with Crippen LogP contribution in [0.15, 0.2) is 24.3 Å². The molecule has 0 fully saturated rings. The van der Waals surface area contributed by atoms with E-state index >= 15 is 0 Å². The fraction of sp³-hybridized carbons (Fsp3) is 0.500. The lowest BCUT2D eigenvalue weighted by molar-refractivity contribution is -0.121. The van der Waals surface area contributed by atoms with Gasteiger partial charge >= 0.3 is 0 Å². The number of nitrogens with one attached hydrogen (secondary N) is 1. The zero-order chi connectivity index (χ0) is 16.8. The van der Waals surface area contributed by atoms with Crippen LogP contribution in [0, 0.1) is 0 Å². The predicted octanol–water partition coefficient (Wildman–Crippen LogP) is 2.72. The summed E-state index contributed by atoms with van der Waals surface area (Å²) in [6.45, 7) is 1.60. The van der Waals surface area contributed by atoms with E-state index in [1.807, 2.05) is 24.3 Å². The van der Waals surface area contributed by atoms with Gasteiger partial charge in [-0.3, -0.25) is 4.79 Å². The van der Waals surface area contributed by atoms with Crippen LogP contribution in [0.2, 0.25) is 0 Å². The number of hydrogen-bond donors (Lipinski definition) is 2. The van der Waals surface area contributed by atoms with E-state index in [0.29, 0.717) is 19.4 Å². The molecule has 0 unspecified atom stereocenters. The van der Waals surface area contributed by atoms with Crippen molar-refractivity contribution >= 4 is 36.4 Å². The third-order valence-corrected chi connectivity index (χ3v) is 4.53. The van der Waals surface area contributed by atoms with Gasteiger partial charge in [-0.05, 0) is 30.9 Å². The van der Waals surface area contributed by atoms with E-state index < -0.39 is 0 Å². The Kier molecular flexibility index (Phi) is 9.44. The summed E-state index contributed by atoms with van der Waals surface area (Å²) in [4.78, 5) is 12.0. The van der Waals surface area contributed by atoms with Gasteiger partial charge in [-0.2, -0.15) is 0 Å². The van der Waals surface area contributed by atoms with Crippen molar-refractivity contribution < 1.29 is 4.79 Å². The number of benzene rings is 1. The van der Waals surface area contributed by atoms with Crippen molar-refractivity contribution in [3.63, 3.8) is 0 Å². The minimum absolute atomic E-state index is 0. The summed E-state index contributed by atoms with van der Waals surface area (Å²) in [5, 5.41) is 11.5. The Morgan fingerprint density at radius 1 is 1.12 bits per heavy atom. The smallest absolute Gasteiger partial charge is 0.220 e. The first-order valence-electron chi connectivity index (χ1n) is 8.75. The highest BCUT2D eigenvalue weighted by molar-refractivity contribution is 5.85. The Bertz CT molecular complexity index is 705. The van der Waals surface area contributed by atoms with Gasteiger partial charge in [0.15, 0.2) is 0 Å². The van der Waals surface area contributed by atoms with E-state index in [1.165, 1.54) is 19.3 Å². The number of para-hydroxylation sites is 1. The molecule has 1 aromatic carbocycles. The van der Waals surface area contributed by atoms with E-state index in [9.17, 15) is 4.79 Å². The molecule has 0 saturated carbocycles. The summed E-state index contributed by atoms with van der Waals surface area (Å²) in [6.07, 6.45) is 6.48. The molecule has 3 rings (SSSR count). The normalized spacial score (nSPS) is 12.9. The lowest BCUT2D eigenvalue weighted by atomic mass is 10.1. The van der Waals surface area contributed by atoms with Crippen LogP contribution in [-0.4, -0.2) is 27.2 Å². The molecule has 144 valence electrons. The van der Waals surface area contributed by atoms with Gasteiger partial charge in [0.2, 0.25) is 5.91 Å². The number of hydrogen-bond acceptors (Lipinski definition) is 4. The van der Waals surface area contributed by atoms with Crippen molar-refractivity contribution in [2.75, 3.05) is 12.3 Å². The number of fused-ring (bicyclic) bond motifs is 1. The highest BCUT2D eigenvalue weighted by Crippen LogP contribution is 2.15. The maximum absolute atomic E-state index is 12.0. The Morgan fingerprint density at radius 3 is 2.73 bits per heavy atom. The highest BCUT2D eigenvalue weighted by atomic mass is 35.5. The molecule has 8 heteroatoms. The Morgan fingerprint density at radius 2 is 1.92 bits per heavy atom. The summed E-state index contributed by atoms with van der Waals surface area (Å²) in [5.74, 6) is 2.13. The van der Waals surface area contributed by atoms with Gasteiger partial charge in [-0.25, -0.2) is 0 Å². The largest absolute Gasteiger partial charge is 0.399 e. The number of aryl methyl sites for hydroxylation is 2. The quantitative estimate of drug-likeness (QED) is 0.731. The Hall–Kier alpha value is -1.79. The Labute approximate surface area is 166 Å². The van der Waals surface area contributed by atoms with Gasteiger partial charge < -0.3 is 15.6 Å². The molecule has 1 aromatic heterocycles. The fourth-order valence-electron chi connectivity index (χ4n) is 3.14. The van der Waals surface area contributed by atoms with Gasteiger partial charge in [0.25, 0.3) is 0 Å². The molecule has 2 heterocycles. The lowest BCUT2D eigenvalue weighted by Crippen LogP contribution is -2.26. The van der Waals surface area contributed by atoms with Crippen LogP contribution < -0.4 is 11.1 Å². The molecule has 3 N–H and O–H groups in total. The van der Waals surface area contributed by atoms with Gasteiger partial charge in [0.05, 0.1) is 0 Å². The topological polar surface area (TPSA) is 85.8 Å². The molecule has 26 heavy (non-hydrogen) atoms. The highest BCUT2D eigenvalue weighted by Gasteiger charge is 2.14. The first-order chi connectivity index (χ1) is 11.7. The second kappa shape index (κ2) is 11.0. The van der Waals surface area contributed by atoms with Crippen molar-refractivity contribution in [2.45, 2.75) is 51.5 Å². The van der Waals surface area contributed by atoms with Crippen molar-refractivity contribution in [3.05, 3.63) is 41.5 Å². The molecule has 2 aromatic rings. The SMILES string of the molecule is Cl.Cl.Nc1ccccc1CCC(=O)NCCc1nnc2n1CCCCC2. The van der Waals surface area contributed by atoms with Crippen molar-refractivity contribution in [1.82, 2.24) is 20.1 Å². The predicted molar refractivity (Wildman–Crippen MR) is 108 cm³/mol. The van der Waals surface area contributed by atoms with E-state index in [-0.39, 0.29) is 30.7 Å². The van der Waals surface area contributed by atoms with Crippen LogP contribution in [0.1, 0.15) is 42.9 Å². The van der Waals surface area contributed by atoms with Crippen LogP contribution in [0.5, 0.6) is 0 Å². The zero-order valence-electron chi connectivity index (χ0n) is 14.8. The third kappa shape index (κ3) is 5.88. The van der Waals surface area contributed by atoms with Crippen LogP contribution in [0.3, 0.4) is 0 Å². The Balaban J connectivity index is 0.00000169. The zero-order valence-corrected chi connectivity index (χ0v) is 16.5. The number of amides is 1. The van der Waals surface area contributed by atoms with Gasteiger partial charge in [0, 0.05) is 38.0 Å². The van der Waals surface area contributed by atoms with Gasteiger partial charge in [0.1, 0.15) is 11.6 Å². The molecule has 0 aliphatic carbocycles. The van der Waals surface area contributed by atoms with E-state index in [2.05, 4.69) is 20.1 Å². The van der Waals surface area contributed by atoms with Crippen molar-refractivity contribution in [2.24, 2.45) is 0 Å². The van der Waals surface area contributed by atoms with Gasteiger partial charge in [-0.15, -0.1) is 35.0 Å². The summed E-state index contributed by atoms with van der Waals surface area (Å²) >= 11 is 0. The molecule has 0 saturated heterocycles. The molecule has 1 amide bonds. The van der Waals surface area contributed by atoms with Gasteiger partial charge in [-0.1, -0.05) is 24.6 Å². The number of nitrogens with two attached hydrogens (primary N) is 1. The third-order valence-electron chi connectivity index (χ3n) is 4.53. The maximum atomic E-state index is 12.0. The van der Waals surface area contributed by atoms with Crippen LogP contribution in [0.4, 0.5) is 5.69 Å². The number of carbonyl (C=O) groups is 1. The van der Waals surface area contributed by atoms with Crippen LogP contribution in [-0.2, 0) is 30.6 Å². The lowest BCUT2D eigenvalue weighted by Gasteiger charge is -2.08. The summed E-state index contributed by atoms with van der Waals surface area (Å²) < 4.78 is 2.23. The molecular weight excluding hydrogens is 373 g/mol. The molecular formula is C18H27Cl2N5O.